The third-order valence-electron chi connectivity index (χ3n) is 9.70. The number of aliphatic imine (C=N–C) groups is 1. The number of likely N-dealkylation sites (N-methyl/N-ethyl adjacent to an activating group) is 1. The topological polar surface area (TPSA) is 300 Å². The minimum absolute atomic E-state index is 0.0217. The van der Waals surface area contributed by atoms with E-state index in [4.69, 9.17) is 30.5 Å². The molecule has 0 bridgehead atoms. The quantitative estimate of drug-likeness (QED) is 0.0408. The van der Waals surface area contributed by atoms with Gasteiger partial charge in [-0.05, 0) is 51.1 Å². The summed E-state index contributed by atoms with van der Waals surface area (Å²) < 4.78 is 10.7. The van der Waals surface area contributed by atoms with Crippen LogP contribution in [0.1, 0.15) is 57.4 Å². The molecular formula is C40H61N9O11S. The highest BCUT2D eigenvalue weighted by Crippen LogP contribution is 2.24. The molecule has 338 valence electrons. The number of ether oxygens (including phenoxy) is 2. The smallest absolute Gasteiger partial charge is 0.373 e. The van der Waals surface area contributed by atoms with Gasteiger partial charge in [0.2, 0.25) is 29.5 Å². The second-order valence-electron chi connectivity index (χ2n) is 14.5. The Labute approximate surface area is 360 Å². The average Bonchev–Trinajstić information content (AvgIpc) is 3.70. The maximum absolute atomic E-state index is 14.0. The number of nitrogens with one attached hydrogen (secondary N) is 5. The summed E-state index contributed by atoms with van der Waals surface area (Å²) in [5.41, 5.74) is 11.7. The summed E-state index contributed by atoms with van der Waals surface area (Å²) in [4.78, 5) is 113. The number of likely N-dealkylation sites (tertiary alicyclic amines) is 1. The van der Waals surface area contributed by atoms with Crippen LogP contribution in [0.2, 0.25) is 0 Å². The number of nitrogens with zero attached hydrogens (tertiary/aromatic N) is 2. The van der Waals surface area contributed by atoms with Gasteiger partial charge in [-0.1, -0.05) is 30.3 Å². The largest absolute Gasteiger partial charge is 0.379 e. The Balaban J connectivity index is 0.00000414. The fourth-order valence-corrected chi connectivity index (χ4v) is 7.65. The predicted octanol–water partition coefficient (Wildman–Crippen LogP) is -1.80. The van der Waals surface area contributed by atoms with Gasteiger partial charge in [0.15, 0.2) is 11.7 Å². The maximum Gasteiger partial charge on any atom is 0.373 e. The van der Waals surface area contributed by atoms with Gasteiger partial charge in [0, 0.05) is 69.5 Å². The Hall–Kier alpha value is -5.21. The molecule has 1 aromatic carbocycles. The normalized spacial score (nSPS) is 21.5. The predicted molar refractivity (Wildman–Crippen MR) is 225 cm³/mol. The fraction of sp³-hybridized carbons (Fsp3) is 0.625. The van der Waals surface area contributed by atoms with Crippen LogP contribution in [0.3, 0.4) is 0 Å². The van der Waals surface area contributed by atoms with Crippen LogP contribution in [-0.4, -0.2) is 153 Å². The van der Waals surface area contributed by atoms with Crippen molar-refractivity contribution in [3.05, 3.63) is 35.9 Å². The number of hydrogen-bond acceptors (Lipinski definition) is 14. The lowest BCUT2D eigenvalue weighted by atomic mass is 9.91. The minimum atomic E-state index is -1.07. The van der Waals surface area contributed by atoms with E-state index in [0.29, 0.717) is 58.6 Å². The lowest BCUT2D eigenvalue weighted by Crippen LogP contribution is -2.56. The summed E-state index contributed by atoms with van der Waals surface area (Å²) in [6.07, 6.45) is 3.00. The number of ketones is 2. The third kappa shape index (κ3) is 22.3. The number of hydrogen-bond donors (Lipinski definition) is 7. The minimum Gasteiger partial charge on any atom is -0.379 e. The van der Waals surface area contributed by atoms with Gasteiger partial charge in [-0.15, -0.1) is 0 Å². The molecule has 5 atom stereocenters. The molecule has 21 heteroatoms. The molecule has 2 aliphatic rings. The zero-order valence-corrected chi connectivity index (χ0v) is 35.8. The molecule has 0 aliphatic carbocycles. The molecule has 0 saturated carbocycles. The molecule has 5 amide bonds. The van der Waals surface area contributed by atoms with Gasteiger partial charge in [0.25, 0.3) is 0 Å². The molecular weight excluding hydrogens is 815 g/mol. The van der Waals surface area contributed by atoms with Gasteiger partial charge in [-0.2, -0.15) is 21.4 Å². The van der Waals surface area contributed by atoms with Crippen molar-refractivity contribution in [2.45, 2.75) is 81.7 Å². The van der Waals surface area contributed by atoms with Crippen LogP contribution in [0, 0.1) is 5.92 Å². The summed E-state index contributed by atoms with van der Waals surface area (Å²) in [6.45, 7) is 4.42. The van der Waals surface area contributed by atoms with Gasteiger partial charge in [0.05, 0.1) is 25.8 Å². The van der Waals surface area contributed by atoms with Gasteiger partial charge in [0.1, 0.15) is 24.5 Å². The molecule has 1 unspecified atom stereocenters. The molecule has 2 heterocycles. The number of carbonyl (C=O) groups excluding carboxylic acids is 9. The molecule has 20 nitrogen and oxygen atoms in total. The van der Waals surface area contributed by atoms with E-state index >= 15 is 0 Å². The number of Topliss-reactive ketones (excluding diaryl/α,β-unsaturated/α-hetero) is 2. The molecule has 0 radical (unpaired) electrons. The highest BCUT2D eigenvalue weighted by atomic mass is 32.2. The zero-order valence-electron chi connectivity index (χ0n) is 34.9. The molecule has 61 heavy (non-hydrogen) atoms. The molecule has 9 N–H and O–H groups in total. The van der Waals surface area contributed by atoms with E-state index in [2.05, 4.69) is 36.5 Å². The van der Waals surface area contributed by atoms with Crippen LogP contribution in [0.4, 0.5) is 0 Å². The Morgan fingerprint density at radius 1 is 0.934 bits per heavy atom. The summed E-state index contributed by atoms with van der Waals surface area (Å²) in [5.74, 6) is -3.47. The lowest BCUT2D eigenvalue weighted by Gasteiger charge is -2.25. The number of thioether (sulfide) groups is 1. The van der Waals surface area contributed by atoms with Crippen molar-refractivity contribution in [3.63, 3.8) is 0 Å². The first-order valence-electron chi connectivity index (χ1n) is 20.3. The Bertz CT molecular complexity index is 1640. The summed E-state index contributed by atoms with van der Waals surface area (Å²) >= 11 is 1.52. The van der Waals surface area contributed by atoms with Crippen molar-refractivity contribution in [1.82, 2.24) is 31.5 Å². The van der Waals surface area contributed by atoms with Crippen LogP contribution < -0.4 is 38.1 Å². The Morgan fingerprint density at radius 2 is 1.64 bits per heavy atom. The third-order valence-corrected chi connectivity index (χ3v) is 11.1. The SMILES string of the molecule is CNC(=O)COCCOCCCC(=O)CCN1CCC(SC[C@H]2NC(=O)[C@@H](Cc3ccccc3)CC(=O)[C@H](C)NC(=O)CNC(=O)[C@H](CCCN=C(N)N)NC2=O)C1.O=C=O. The van der Waals surface area contributed by atoms with Crippen molar-refractivity contribution in [2.75, 3.05) is 72.0 Å². The monoisotopic (exact) mass is 875 g/mol. The standard InChI is InChI=1S/C39H61N9O9S.CO2/c1-26-33(50)21-28(20-27-8-4-3-5-9-27)36(53)47-32(38(55)46-31(11-6-14-43-39(40)41)37(54)44-22-34(51)45-26)25-58-30-13-16-48(23-30)15-12-29(49)10-7-17-56-18-19-57-24-35(52)42-2;2-1-3/h3-5,8-9,26,28,30-32H,6-7,10-25H2,1-2H3,(H,42,52)(H,44,54)(H,45,51)(H,46,55)(H,47,53)(H4,40,41,43);/t26-,28-,30?,31-,32+;/m0./s1. The van der Waals surface area contributed by atoms with E-state index in [1.54, 1.807) is 0 Å². The fourth-order valence-electron chi connectivity index (χ4n) is 6.36. The summed E-state index contributed by atoms with van der Waals surface area (Å²) in [7, 11) is 1.54. The highest BCUT2D eigenvalue weighted by Gasteiger charge is 2.33. The molecule has 3 rings (SSSR count). The van der Waals surface area contributed by atoms with Crippen LogP contribution in [-0.2, 0) is 59.0 Å². The number of rotatable bonds is 21. The van der Waals surface area contributed by atoms with Gasteiger partial charge < -0.3 is 52.4 Å². The van der Waals surface area contributed by atoms with Crippen molar-refractivity contribution in [2.24, 2.45) is 22.4 Å². The van der Waals surface area contributed by atoms with Crippen molar-refractivity contribution in [1.29, 1.82) is 0 Å². The average molecular weight is 876 g/mol. The van der Waals surface area contributed by atoms with Gasteiger partial charge in [-0.25, -0.2) is 0 Å². The zero-order chi connectivity index (χ0) is 45.0. The number of nitrogens with two attached hydrogens (primary N) is 2. The van der Waals surface area contributed by atoms with E-state index in [1.807, 2.05) is 30.3 Å². The molecule has 1 aromatic rings. The second-order valence-corrected chi connectivity index (χ2v) is 15.8. The van der Waals surface area contributed by atoms with Crippen LogP contribution in [0.5, 0.6) is 0 Å². The van der Waals surface area contributed by atoms with Crippen molar-refractivity contribution >= 4 is 65.0 Å². The Morgan fingerprint density at radius 3 is 2.34 bits per heavy atom. The lowest BCUT2D eigenvalue weighted by molar-refractivity contribution is -0.191. The second kappa shape index (κ2) is 29.9. The van der Waals surface area contributed by atoms with Crippen molar-refractivity contribution < 1.29 is 52.6 Å². The first-order valence-corrected chi connectivity index (χ1v) is 21.3. The number of benzene rings is 1. The van der Waals surface area contributed by atoms with Crippen molar-refractivity contribution in [3.8, 4) is 0 Å². The summed E-state index contributed by atoms with van der Waals surface area (Å²) in [6, 6.07) is 6.19. The van der Waals surface area contributed by atoms with E-state index in [0.717, 1.165) is 18.5 Å². The van der Waals surface area contributed by atoms with Gasteiger partial charge >= 0.3 is 6.15 Å². The molecule has 2 fully saturated rings. The first-order chi connectivity index (χ1) is 29.3. The number of carbonyl (C=O) groups is 7. The first kappa shape index (κ1) is 51.9. The maximum atomic E-state index is 14.0. The van der Waals surface area contributed by atoms with E-state index in [-0.39, 0.29) is 73.0 Å². The summed E-state index contributed by atoms with van der Waals surface area (Å²) in [5, 5.41) is 13.4. The van der Waals surface area contributed by atoms with E-state index in [9.17, 15) is 33.6 Å². The van der Waals surface area contributed by atoms with Gasteiger partial charge in [-0.3, -0.25) is 38.6 Å². The van der Waals surface area contributed by atoms with Crippen LogP contribution in [0.25, 0.3) is 0 Å². The Kier molecular flexibility index (Phi) is 25.5. The van der Waals surface area contributed by atoms with Crippen LogP contribution >= 0.6 is 11.8 Å². The van der Waals surface area contributed by atoms with E-state index < -0.39 is 54.2 Å². The molecule has 2 saturated heterocycles. The molecule has 2 aliphatic heterocycles. The number of guanidine groups is 1. The molecule has 0 aromatic heterocycles. The highest BCUT2D eigenvalue weighted by molar-refractivity contribution is 8.00. The van der Waals surface area contributed by atoms with E-state index in [1.165, 1.54) is 25.7 Å². The molecule has 0 spiro atoms. The number of amides is 5. The van der Waals surface area contributed by atoms with Crippen LogP contribution in [0.15, 0.2) is 35.3 Å².